The molecular formula is C15H11N7O2. The number of carbonyl (C=O) groups is 1. The molecule has 118 valence electrons. The largest absolute Gasteiger partial charge is 0.342 e. The van der Waals surface area contributed by atoms with Gasteiger partial charge < -0.3 is 9.84 Å². The average molecular weight is 321 g/mol. The van der Waals surface area contributed by atoms with Crippen molar-refractivity contribution in [2.45, 2.75) is 6.54 Å². The lowest BCUT2D eigenvalue weighted by Gasteiger charge is -1.99. The molecule has 0 atom stereocenters. The van der Waals surface area contributed by atoms with E-state index in [2.05, 4.69) is 35.6 Å². The average Bonchev–Trinajstić information content (AvgIpc) is 3.27. The van der Waals surface area contributed by atoms with Crippen LogP contribution in [0, 0.1) is 0 Å². The Hall–Kier alpha value is -3.62. The first kappa shape index (κ1) is 14.0. The standard InChI is InChI=1S/C15H11N7O2/c23-15(12-9-4-1-2-5-10(9)20-21-12)18-8-11-19-14(22-24-11)13-16-6-3-7-17-13/h1-7H,8H2,(H,18,23)(H,20,21). The van der Waals surface area contributed by atoms with Crippen LogP contribution < -0.4 is 5.32 Å². The molecular weight excluding hydrogens is 310 g/mol. The van der Waals surface area contributed by atoms with Crippen LogP contribution in [0.2, 0.25) is 0 Å². The number of aromatic amines is 1. The first-order valence-electron chi connectivity index (χ1n) is 7.12. The quantitative estimate of drug-likeness (QED) is 0.581. The number of nitrogens with zero attached hydrogens (tertiary/aromatic N) is 5. The van der Waals surface area contributed by atoms with Gasteiger partial charge in [-0.3, -0.25) is 9.89 Å². The van der Waals surface area contributed by atoms with Crippen molar-refractivity contribution >= 4 is 16.8 Å². The third-order valence-electron chi connectivity index (χ3n) is 3.32. The number of nitrogens with one attached hydrogen (secondary N) is 2. The monoisotopic (exact) mass is 321 g/mol. The predicted octanol–water partition coefficient (Wildman–Crippen LogP) is 1.33. The molecule has 0 saturated carbocycles. The van der Waals surface area contributed by atoms with Gasteiger partial charge in [0.15, 0.2) is 5.69 Å². The Balaban J connectivity index is 1.47. The van der Waals surface area contributed by atoms with Crippen LogP contribution in [0.3, 0.4) is 0 Å². The van der Waals surface area contributed by atoms with E-state index in [1.165, 1.54) is 0 Å². The molecule has 0 aliphatic carbocycles. The first-order valence-corrected chi connectivity index (χ1v) is 7.12. The van der Waals surface area contributed by atoms with E-state index in [9.17, 15) is 4.79 Å². The van der Waals surface area contributed by atoms with E-state index in [4.69, 9.17) is 4.52 Å². The molecule has 0 fully saturated rings. The van der Waals surface area contributed by atoms with Crippen molar-refractivity contribution in [3.63, 3.8) is 0 Å². The molecule has 0 spiro atoms. The van der Waals surface area contributed by atoms with Crippen molar-refractivity contribution in [3.05, 3.63) is 54.3 Å². The molecule has 4 aromatic rings. The molecule has 0 saturated heterocycles. The Morgan fingerprint density at radius 1 is 1.12 bits per heavy atom. The summed E-state index contributed by atoms with van der Waals surface area (Å²) in [6, 6.07) is 9.08. The highest BCUT2D eigenvalue weighted by molar-refractivity contribution is 6.04. The summed E-state index contributed by atoms with van der Waals surface area (Å²) in [7, 11) is 0. The zero-order valence-electron chi connectivity index (χ0n) is 12.3. The van der Waals surface area contributed by atoms with Gasteiger partial charge in [0, 0.05) is 17.8 Å². The summed E-state index contributed by atoms with van der Waals surface area (Å²) in [5, 5.41) is 14.1. The highest BCUT2D eigenvalue weighted by Gasteiger charge is 2.16. The maximum Gasteiger partial charge on any atom is 0.272 e. The fourth-order valence-electron chi connectivity index (χ4n) is 2.21. The second kappa shape index (κ2) is 5.88. The highest BCUT2D eigenvalue weighted by Crippen LogP contribution is 2.15. The predicted molar refractivity (Wildman–Crippen MR) is 82.6 cm³/mol. The number of para-hydroxylation sites is 1. The number of benzene rings is 1. The van der Waals surface area contributed by atoms with Gasteiger partial charge in [0.05, 0.1) is 12.1 Å². The van der Waals surface area contributed by atoms with E-state index >= 15 is 0 Å². The van der Waals surface area contributed by atoms with Crippen LogP contribution in [0.1, 0.15) is 16.4 Å². The van der Waals surface area contributed by atoms with Gasteiger partial charge in [0.25, 0.3) is 5.91 Å². The van der Waals surface area contributed by atoms with E-state index in [0.717, 1.165) is 10.9 Å². The Bertz CT molecular complexity index is 993. The SMILES string of the molecule is O=C(NCc1nc(-c2ncccn2)no1)c1n[nH]c2ccccc12. The van der Waals surface area contributed by atoms with Crippen molar-refractivity contribution in [2.75, 3.05) is 0 Å². The summed E-state index contributed by atoms with van der Waals surface area (Å²) in [5.74, 6) is 0.552. The number of amides is 1. The minimum absolute atomic E-state index is 0.0832. The van der Waals surface area contributed by atoms with Gasteiger partial charge in [-0.15, -0.1) is 0 Å². The molecule has 9 nitrogen and oxygen atoms in total. The van der Waals surface area contributed by atoms with Crippen molar-refractivity contribution in [1.82, 2.24) is 35.6 Å². The third-order valence-corrected chi connectivity index (χ3v) is 3.32. The normalized spacial score (nSPS) is 10.8. The van der Waals surface area contributed by atoms with Gasteiger partial charge >= 0.3 is 0 Å². The molecule has 0 bridgehead atoms. The number of aromatic nitrogens is 6. The Labute approximate surface area is 135 Å². The molecule has 4 rings (SSSR count). The summed E-state index contributed by atoms with van der Waals surface area (Å²) in [6.45, 7) is 0.0832. The van der Waals surface area contributed by atoms with Crippen molar-refractivity contribution in [1.29, 1.82) is 0 Å². The van der Waals surface area contributed by atoms with E-state index in [-0.39, 0.29) is 24.2 Å². The Kier molecular flexibility index (Phi) is 3.43. The van der Waals surface area contributed by atoms with Crippen LogP contribution in [-0.2, 0) is 6.54 Å². The molecule has 1 amide bonds. The van der Waals surface area contributed by atoms with Gasteiger partial charge in [-0.1, -0.05) is 23.4 Å². The molecule has 3 heterocycles. The van der Waals surface area contributed by atoms with Crippen molar-refractivity contribution < 1.29 is 9.32 Å². The second-order valence-corrected chi connectivity index (χ2v) is 4.88. The second-order valence-electron chi connectivity index (χ2n) is 4.88. The smallest absolute Gasteiger partial charge is 0.272 e. The van der Waals surface area contributed by atoms with Gasteiger partial charge in [-0.05, 0) is 12.1 Å². The molecule has 0 radical (unpaired) electrons. The fraction of sp³-hybridized carbons (Fsp3) is 0.0667. The molecule has 0 unspecified atom stereocenters. The van der Waals surface area contributed by atoms with Gasteiger partial charge in [0.2, 0.25) is 17.5 Å². The fourth-order valence-corrected chi connectivity index (χ4v) is 2.21. The lowest BCUT2D eigenvalue weighted by Crippen LogP contribution is -2.23. The molecule has 0 aliphatic rings. The molecule has 9 heteroatoms. The minimum atomic E-state index is -0.330. The lowest BCUT2D eigenvalue weighted by atomic mass is 10.2. The number of H-pyrrole nitrogens is 1. The Morgan fingerprint density at radius 2 is 1.96 bits per heavy atom. The minimum Gasteiger partial charge on any atom is -0.342 e. The van der Waals surface area contributed by atoms with E-state index in [1.54, 1.807) is 18.5 Å². The van der Waals surface area contributed by atoms with Crippen LogP contribution >= 0.6 is 0 Å². The van der Waals surface area contributed by atoms with E-state index < -0.39 is 0 Å². The topological polar surface area (TPSA) is 122 Å². The summed E-state index contributed by atoms with van der Waals surface area (Å²) in [6.07, 6.45) is 3.17. The number of hydrogen-bond donors (Lipinski definition) is 2. The van der Waals surface area contributed by atoms with Gasteiger partial charge in [-0.25, -0.2) is 9.97 Å². The molecule has 2 N–H and O–H groups in total. The number of fused-ring (bicyclic) bond motifs is 1. The molecule has 24 heavy (non-hydrogen) atoms. The summed E-state index contributed by atoms with van der Waals surface area (Å²) in [5.41, 5.74) is 1.11. The van der Waals surface area contributed by atoms with Gasteiger partial charge in [-0.2, -0.15) is 10.1 Å². The zero-order valence-corrected chi connectivity index (χ0v) is 12.3. The van der Waals surface area contributed by atoms with Crippen molar-refractivity contribution in [2.24, 2.45) is 0 Å². The van der Waals surface area contributed by atoms with Crippen molar-refractivity contribution in [3.8, 4) is 11.6 Å². The summed E-state index contributed by atoms with van der Waals surface area (Å²) in [4.78, 5) is 24.5. The molecule has 1 aromatic carbocycles. The van der Waals surface area contributed by atoms with E-state index in [0.29, 0.717) is 11.5 Å². The number of carbonyl (C=O) groups excluding carboxylic acids is 1. The highest BCUT2D eigenvalue weighted by atomic mass is 16.5. The maximum atomic E-state index is 12.3. The summed E-state index contributed by atoms with van der Waals surface area (Å²) < 4.78 is 5.09. The van der Waals surface area contributed by atoms with Crippen LogP contribution in [0.5, 0.6) is 0 Å². The van der Waals surface area contributed by atoms with E-state index in [1.807, 2.05) is 24.3 Å². The van der Waals surface area contributed by atoms with Crippen LogP contribution in [0.4, 0.5) is 0 Å². The Morgan fingerprint density at radius 3 is 2.83 bits per heavy atom. The number of rotatable bonds is 4. The first-order chi connectivity index (χ1) is 11.8. The van der Waals surface area contributed by atoms with Crippen LogP contribution in [-0.4, -0.2) is 36.2 Å². The number of hydrogen-bond acceptors (Lipinski definition) is 7. The van der Waals surface area contributed by atoms with Crippen LogP contribution in [0.25, 0.3) is 22.6 Å². The van der Waals surface area contributed by atoms with Gasteiger partial charge in [0.1, 0.15) is 0 Å². The maximum absolute atomic E-state index is 12.3. The lowest BCUT2D eigenvalue weighted by molar-refractivity contribution is 0.0943. The molecule has 0 aliphatic heterocycles. The summed E-state index contributed by atoms with van der Waals surface area (Å²) >= 11 is 0. The molecule has 3 aromatic heterocycles. The van der Waals surface area contributed by atoms with Crippen LogP contribution in [0.15, 0.2) is 47.2 Å². The third kappa shape index (κ3) is 2.58. The zero-order chi connectivity index (χ0) is 16.4.